The molecule has 380 valence electrons. The van der Waals surface area contributed by atoms with Gasteiger partial charge in [0, 0.05) is 80.8 Å². The number of piperidine rings is 1. The molecule has 0 saturated carbocycles. The van der Waals surface area contributed by atoms with E-state index in [4.69, 9.17) is 46.6 Å². The molecule has 5 bridgehead atoms. The number of carbonyl (C=O) groups is 3. The molecule has 1 saturated heterocycles. The molecule has 7 atom stereocenters. The topological polar surface area (TPSA) is 281 Å². The first-order valence-corrected chi connectivity index (χ1v) is 23.9. The second-order valence-corrected chi connectivity index (χ2v) is 20.5. The smallest absolute Gasteiger partial charge is 0.327 e. The summed E-state index contributed by atoms with van der Waals surface area (Å²) in [6.45, 7) is 22.1. The van der Waals surface area contributed by atoms with Gasteiger partial charge in [-0.25, -0.2) is 5.84 Å². The van der Waals surface area contributed by atoms with Crippen molar-refractivity contribution < 1.29 is 49.0 Å². The van der Waals surface area contributed by atoms with Crippen molar-refractivity contribution in [3.8, 4) is 17.2 Å². The van der Waals surface area contributed by atoms with Gasteiger partial charge >= 0.3 is 11.8 Å². The van der Waals surface area contributed by atoms with Crippen LogP contribution in [0.3, 0.4) is 0 Å². The molecule has 0 radical (unpaired) electrons. The van der Waals surface area contributed by atoms with Crippen molar-refractivity contribution in [1.29, 1.82) is 0 Å². The van der Waals surface area contributed by atoms with Crippen molar-refractivity contribution in [3.05, 3.63) is 69.9 Å². The Morgan fingerprint density at radius 3 is 2.32 bits per heavy atom. The Morgan fingerprint density at radius 1 is 1.06 bits per heavy atom. The summed E-state index contributed by atoms with van der Waals surface area (Å²) in [5, 5.41) is 47.3. The van der Waals surface area contributed by atoms with E-state index < -0.39 is 58.5 Å². The lowest BCUT2D eigenvalue weighted by Gasteiger charge is -2.36. The highest BCUT2D eigenvalue weighted by Gasteiger charge is 2.50. The van der Waals surface area contributed by atoms with Crippen LogP contribution >= 0.6 is 0 Å². The number of esters is 1. The second kappa shape index (κ2) is 21.6. The fraction of sp³-hybridized carbons (Fsp3) is 0.588. The number of likely N-dealkylation sites (tertiary alicyclic amines) is 1. The maximum atomic E-state index is 14.8. The molecule has 0 aromatic heterocycles. The van der Waals surface area contributed by atoms with Crippen molar-refractivity contribution in [1.82, 2.24) is 9.91 Å². The van der Waals surface area contributed by atoms with Gasteiger partial charge in [-0.05, 0) is 70.3 Å². The first kappa shape index (κ1) is 54.4. The number of Topliss-reactive ketones (excluding diaryl/α,β-unsaturated/α-hetero) is 1. The van der Waals surface area contributed by atoms with Crippen LogP contribution in [0.1, 0.15) is 111 Å². The minimum absolute atomic E-state index is 0.0205. The molecule has 18 heteroatoms. The van der Waals surface area contributed by atoms with Crippen molar-refractivity contribution >= 4 is 34.1 Å². The fourth-order valence-corrected chi connectivity index (χ4v) is 9.53. The van der Waals surface area contributed by atoms with Gasteiger partial charge in [0.15, 0.2) is 11.4 Å². The third kappa shape index (κ3) is 11.7. The first-order valence-electron chi connectivity index (χ1n) is 23.9. The number of rotatable bonds is 7. The van der Waals surface area contributed by atoms with Crippen molar-refractivity contribution in [2.24, 2.45) is 56.9 Å². The highest BCUT2D eigenvalue weighted by Crippen LogP contribution is 2.50. The number of fused-ring (bicyclic) bond motifs is 13. The number of aromatic hydroxyl groups is 2. The number of nitrogens with two attached hydrogens (primary N) is 3. The number of hydrogen-bond donors (Lipinski definition) is 8. The molecular formula is C51H76N8O10. The zero-order valence-electron chi connectivity index (χ0n) is 42.4. The summed E-state index contributed by atoms with van der Waals surface area (Å²) >= 11 is 0. The Kier molecular flexibility index (Phi) is 17.1. The Morgan fingerprint density at radius 2 is 1.70 bits per heavy atom. The van der Waals surface area contributed by atoms with E-state index in [2.05, 4.69) is 24.1 Å². The van der Waals surface area contributed by atoms with E-state index in [1.165, 1.54) is 19.4 Å². The number of ether oxygens (including phenoxy) is 3. The number of nitrogens with zero attached hydrogens (tertiary/aromatic N) is 4. The molecule has 2 aromatic rings. The lowest BCUT2D eigenvalue weighted by Crippen LogP contribution is -2.44. The van der Waals surface area contributed by atoms with E-state index in [-0.39, 0.29) is 79.8 Å². The summed E-state index contributed by atoms with van der Waals surface area (Å²) in [6, 6.07) is 0. The maximum absolute atomic E-state index is 14.8. The van der Waals surface area contributed by atoms with E-state index in [1.54, 1.807) is 45.9 Å². The van der Waals surface area contributed by atoms with Gasteiger partial charge in [0.2, 0.25) is 0 Å². The number of phenols is 2. The summed E-state index contributed by atoms with van der Waals surface area (Å²) in [5.74, 6) is 0.985. The van der Waals surface area contributed by atoms with Crippen molar-refractivity contribution in [3.63, 3.8) is 0 Å². The largest absolute Gasteiger partial charge is 0.507 e. The van der Waals surface area contributed by atoms with Gasteiger partial charge in [-0.1, -0.05) is 59.8 Å². The zero-order chi connectivity index (χ0) is 51.5. The first-order chi connectivity index (χ1) is 32.3. The lowest BCUT2D eigenvalue weighted by molar-refractivity contribution is -0.159. The summed E-state index contributed by atoms with van der Waals surface area (Å²) < 4.78 is 18.5. The van der Waals surface area contributed by atoms with Crippen LogP contribution in [0.2, 0.25) is 0 Å². The van der Waals surface area contributed by atoms with Crippen LogP contribution < -0.4 is 38.1 Å². The lowest BCUT2D eigenvalue weighted by atomic mass is 9.80. The number of aliphatic hydroxyl groups is 2. The van der Waals surface area contributed by atoms with Crippen LogP contribution in [0.25, 0.3) is 10.8 Å². The molecule has 5 aliphatic rings. The van der Waals surface area contributed by atoms with E-state index in [0.29, 0.717) is 50.3 Å². The number of hydrazine groups is 1. The number of carbonyl (C=O) groups excluding carboxylic acids is 3. The Bertz CT molecular complexity index is 2520. The molecule has 1 spiro atoms. The molecule has 2 aromatic carbocycles. The van der Waals surface area contributed by atoms with E-state index >= 15 is 0 Å². The van der Waals surface area contributed by atoms with Gasteiger partial charge < -0.3 is 61.3 Å². The standard InChI is InChI=1S/C50H72N8O9.CH4O/c1-26(2)23-57-19-17-50(18-20-57)55-38-35-36-42(61)32(8)45-37(35)46(63)49(11,67-45)65-21-13-16-28(4)44(66-34(59)25-58(53)24-33(51)48(9,10)52)31(7)41(60)30(6)22-27(3)14-12-15-29(5)47(64)54-40(43(36)62)39(38)56-50;1-2/h12-15,21,24,26-28,30-31,41,44,60-62H,16-20,22-23,25,51-53H2,1-11H3,(H,54,64);2H,1H3/b14-12+,21-13+,29-15-,33-24-;/t27?,28-,30-,31-,41?,44-,49?;/m1./s1. The average molecular weight is 961 g/mol. The summed E-state index contributed by atoms with van der Waals surface area (Å²) in [5.41, 5.74) is 11.2. The zero-order valence-corrected chi connectivity index (χ0v) is 42.4. The second-order valence-electron chi connectivity index (χ2n) is 20.5. The van der Waals surface area contributed by atoms with Crippen LogP contribution in [0.4, 0.5) is 5.69 Å². The number of phenolic OH excluding ortho intramolecular Hbond substituents is 2. The van der Waals surface area contributed by atoms with Gasteiger partial charge in [0.25, 0.3) is 11.7 Å². The fourth-order valence-electron chi connectivity index (χ4n) is 9.53. The van der Waals surface area contributed by atoms with Gasteiger partial charge in [-0.2, -0.15) is 0 Å². The number of amides is 1. The Labute approximate surface area is 405 Å². The number of anilines is 1. The van der Waals surface area contributed by atoms with Gasteiger partial charge in [-0.3, -0.25) is 24.4 Å². The Balaban J connectivity index is 0.00000438. The maximum Gasteiger partial charge on any atom is 0.327 e. The predicted molar refractivity (Wildman–Crippen MR) is 264 cm³/mol. The molecule has 0 aliphatic carbocycles. The van der Waals surface area contributed by atoms with Crippen molar-refractivity contribution in [2.75, 3.05) is 38.6 Å². The average Bonchev–Trinajstić information content (AvgIpc) is 3.78. The molecule has 7 rings (SSSR count). The number of aliphatic hydroxyl groups excluding tert-OH is 2. The number of ketones is 1. The summed E-state index contributed by atoms with van der Waals surface area (Å²) in [7, 11) is 1.00. The number of benzene rings is 2. The molecule has 1 amide bonds. The Hall–Kier alpha value is -5.53. The number of allylic oxidation sites excluding steroid dienone is 4. The highest BCUT2D eigenvalue weighted by molar-refractivity contribution is 6.19. The van der Waals surface area contributed by atoms with E-state index in [1.807, 2.05) is 33.8 Å². The quantitative estimate of drug-likeness (QED) is 0.0824. The van der Waals surface area contributed by atoms with Crippen LogP contribution in [0.15, 0.2) is 58.0 Å². The monoisotopic (exact) mass is 961 g/mol. The van der Waals surface area contributed by atoms with Crippen LogP contribution in [-0.4, -0.2) is 110 Å². The summed E-state index contributed by atoms with van der Waals surface area (Å²) in [4.78, 5) is 54.9. The molecule has 5 aliphatic heterocycles. The summed E-state index contributed by atoms with van der Waals surface area (Å²) in [6.07, 6.45) is 10.1. The minimum atomic E-state index is -1.92. The highest BCUT2D eigenvalue weighted by atomic mass is 16.7. The van der Waals surface area contributed by atoms with Crippen LogP contribution in [-0.2, 0) is 19.1 Å². The van der Waals surface area contributed by atoms with Crippen LogP contribution in [0, 0.1) is 36.5 Å². The van der Waals surface area contributed by atoms with E-state index in [9.17, 15) is 29.7 Å². The molecule has 11 N–H and O–H groups in total. The normalized spacial score (nSPS) is 28.3. The predicted octanol–water partition coefficient (Wildman–Crippen LogP) is 4.46. The SMILES string of the molecule is C/C1=C/C=C/C(C)C[C@@H](C)C(O)[C@@H](C)[C@H](OC(=O)CN(N)/C=C(\N)C(C)(C)N)[C@H](C)C/C=C/OC2(C)Oc3c(C)c(O)c4c(O)c(c5c(c4c3C2=O)=NC2(CCN(CC(C)C)CC2)N=5)NC1=O.CO. The molecular weight excluding hydrogens is 885 g/mol. The molecule has 18 nitrogen and oxygen atoms in total. The van der Waals surface area contributed by atoms with Gasteiger partial charge in [0.1, 0.15) is 35.2 Å². The number of nitrogens with one attached hydrogen (secondary N) is 1. The molecule has 5 heterocycles. The van der Waals surface area contributed by atoms with Crippen LogP contribution in [0.5, 0.6) is 17.2 Å². The van der Waals surface area contributed by atoms with Gasteiger partial charge in [0.05, 0.1) is 34.2 Å². The van der Waals surface area contributed by atoms with Crippen molar-refractivity contribution in [2.45, 2.75) is 131 Å². The third-order valence-electron chi connectivity index (χ3n) is 13.5. The van der Waals surface area contributed by atoms with Gasteiger partial charge in [-0.15, -0.1) is 0 Å². The number of hydrogen-bond acceptors (Lipinski definition) is 17. The molecule has 3 unspecified atom stereocenters. The molecule has 1 fully saturated rings. The minimum Gasteiger partial charge on any atom is -0.507 e. The third-order valence-corrected chi connectivity index (χ3v) is 13.5. The molecule has 69 heavy (non-hydrogen) atoms. The van der Waals surface area contributed by atoms with E-state index in [0.717, 1.165) is 18.7 Å².